The smallest absolute Gasteiger partial charge is 0.0729 e. The molecule has 4 nitrogen and oxygen atoms in total. The number of nitrogens with zero attached hydrogens (tertiary/aromatic N) is 2. The standard InChI is InChI=1S/C10H20N4/c1-7(2)14-6-10(5-12-14)13-9(4)8(3)11/h5-9,13H,11H2,1-4H3. The highest BCUT2D eigenvalue weighted by molar-refractivity contribution is 5.39. The van der Waals surface area contributed by atoms with Crippen molar-refractivity contribution in [2.75, 3.05) is 5.32 Å². The third-order valence-corrected chi connectivity index (χ3v) is 2.31. The summed E-state index contributed by atoms with van der Waals surface area (Å²) >= 11 is 0. The zero-order chi connectivity index (χ0) is 10.7. The van der Waals surface area contributed by atoms with Crippen molar-refractivity contribution >= 4 is 5.69 Å². The molecule has 14 heavy (non-hydrogen) atoms. The van der Waals surface area contributed by atoms with Crippen molar-refractivity contribution in [3.05, 3.63) is 12.4 Å². The zero-order valence-electron chi connectivity index (χ0n) is 9.36. The number of nitrogens with one attached hydrogen (secondary N) is 1. The largest absolute Gasteiger partial charge is 0.379 e. The van der Waals surface area contributed by atoms with E-state index in [-0.39, 0.29) is 12.1 Å². The summed E-state index contributed by atoms with van der Waals surface area (Å²) in [5, 5.41) is 7.55. The maximum atomic E-state index is 5.76. The fourth-order valence-electron chi connectivity index (χ4n) is 1.09. The van der Waals surface area contributed by atoms with Crippen LogP contribution in [-0.2, 0) is 0 Å². The lowest BCUT2D eigenvalue weighted by Crippen LogP contribution is -2.35. The van der Waals surface area contributed by atoms with Crippen LogP contribution in [0.4, 0.5) is 5.69 Å². The SMILES string of the molecule is CC(N)C(C)Nc1cnn(C(C)C)c1. The van der Waals surface area contributed by atoms with Crippen molar-refractivity contribution < 1.29 is 0 Å². The van der Waals surface area contributed by atoms with Gasteiger partial charge in [-0.15, -0.1) is 0 Å². The van der Waals surface area contributed by atoms with E-state index in [0.29, 0.717) is 6.04 Å². The first-order valence-electron chi connectivity index (χ1n) is 5.07. The molecule has 2 atom stereocenters. The molecule has 0 aliphatic rings. The molecule has 0 spiro atoms. The Balaban J connectivity index is 2.60. The van der Waals surface area contributed by atoms with E-state index in [1.54, 1.807) is 0 Å². The van der Waals surface area contributed by atoms with E-state index in [9.17, 15) is 0 Å². The second-order valence-electron chi connectivity index (χ2n) is 4.09. The van der Waals surface area contributed by atoms with Gasteiger partial charge in [-0.1, -0.05) is 0 Å². The molecule has 0 amide bonds. The molecule has 0 aliphatic carbocycles. The first-order valence-corrected chi connectivity index (χ1v) is 5.07. The van der Waals surface area contributed by atoms with Crippen LogP contribution in [0.3, 0.4) is 0 Å². The van der Waals surface area contributed by atoms with Gasteiger partial charge in [-0.05, 0) is 27.7 Å². The van der Waals surface area contributed by atoms with Crippen molar-refractivity contribution in [2.24, 2.45) is 5.73 Å². The van der Waals surface area contributed by atoms with Crippen molar-refractivity contribution in [2.45, 2.75) is 45.8 Å². The van der Waals surface area contributed by atoms with Gasteiger partial charge in [0.05, 0.1) is 11.9 Å². The van der Waals surface area contributed by atoms with Gasteiger partial charge in [0.25, 0.3) is 0 Å². The molecular weight excluding hydrogens is 176 g/mol. The average molecular weight is 196 g/mol. The molecule has 0 fully saturated rings. The lowest BCUT2D eigenvalue weighted by Gasteiger charge is -2.17. The minimum Gasteiger partial charge on any atom is -0.379 e. The fourth-order valence-corrected chi connectivity index (χ4v) is 1.09. The van der Waals surface area contributed by atoms with Gasteiger partial charge < -0.3 is 11.1 Å². The summed E-state index contributed by atoms with van der Waals surface area (Å²) < 4.78 is 1.93. The summed E-state index contributed by atoms with van der Waals surface area (Å²) in [5.41, 5.74) is 6.79. The Kier molecular flexibility index (Phi) is 3.52. The van der Waals surface area contributed by atoms with Crippen molar-refractivity contribution in [1.29, 1.82) is 0 Å². The quantitative estimate of drug-likeness (QED) is 0.769. The molecular formula is C10H20N4. The van der Waals surface area contributed by atoms with Gasteiger partial charge in [-0.25, -0.2) is 0 Å². The summed E-state index contributed by atoms with van der Waals surface area (Å²) in [6.45, 7) is 8.26. The molecule has 0 bridgehead atoms. The summed E-state index contributed by atoms with van der Waals surface area (Å²) in [6.07, 6.45) is 3.84. The highest BCUT2D eigenvalue weighted by Crippen LogP contribution is 2.11. The molecule has 4 heteroatoms. The highest BCUT2D eigenvalue weighted by Gasteiger charge is 2.08. The third-order valence-electron chi connectivity index (χ3n) is 2.31. The summed E-state index contributed by atoms with van der Waals surface area (Å²) in [7, 11) is 0. The fraction of sp³-hybridized carbons (Fsp3) is 0.700. The number of aromatic nitrogens is 2. The third kappa shape index (κ3) is 2.73. The lowest BCUT2D eigenvalue weighted by atomic mass is 10.2. The van der Waals surface area contributed by atoms with Crippen molar-refractivity contribution in [3.63, 3.8) is 0 Å². The molecule has 1 aromatic heterocycles. The van der Waals surface area contributed by atoms with E-state index >= 15 is 0 Å². The van der Waals surface area contributed by atoms with Crippen molar-refractivity contribution in [1.82, 2.24) is 9.78 Å². The van der Waals surface area contributed by atoms with Crippen LogP contribution < -0.4 is 11.1 Å². The van der Waals surface area contributed by atoms with E-state index in [0.717, 1.165) is 5.69 Å². The predicted molar refractivity (Wildman–Crippen MR) is 59.3 cm³/mol. The van der Waals surface area contributed by atoms with Crippen LogP contribution in [0, 0.1) is 0 Å². The van der Waals surface area contributed by atoms with Crippen LogP contribution >= 0.6 is 0 Å². The van der Waals surface area contributed by atoms with E-state index in [1.165, 1.54) is 0 Å². The maximum Gasteiger partial charge on any atom is 0.0729 e. The van der Waals surface area contributed by atoms with Crippen LogP contribution in [0.2, 0.25) is 0 Å². The second-order valence-corrected chi connectivity index (χ2v) is 4.09. The van der Waals surface area contributed by atoms with Crippen LogP contribution in [-0.4, -0.2) is 21.9 Å². The number of rotatable bonds is 4. The molecule has 3 N–H and O–H groups in total. The number of hydrogen-bond acceptors (Lipinski definition) is 3. The second kappa shape index (κ2) is 4.46. The van der Waals surface area contributed by atoms with E-state index in [2.05, 4.69) is 31.2 Å². The Morgan fingerprint density at radius 3 is 2.43 bits per heavy atom. The Labute approximate surface area is 85.5 Å². The molecule has 1 heterocycles. The van der Waals surface area contributed by atoms with Crippen LogP contribution in [0.5, 0.6) is 0 Å². The zero-order valence-corrected chi connectivity index (χ0v) is 9.36. The Morgan fingerprint density at radius 1 is 1.36 bits per heavy atom. The monoisotopic (exact) mass is 196 g/mol. The minimum atomic E-state index is 0.136. The molecule has 0 aliphatic heterocycles. The van der Waals surface area contributed by atoms with Gasteiger partial charge in [0.1, 0.15) is 0 Å². The first-order chi connectivity index (χ1) is 6.50. The van der Waals surface area contributed by atoms with Crippen LogP contribution in [0.1, 0.15) is 33.7 Å². The molecule has 80 valence electrons. The molecule has 1 aromatic rings. The van der Waals surface area contributed by atoms with E-state index in [1.807, 2.05) is 24.0 Å². The number of nitrogens with two attached hydrogens (primary N) is 1. The van der Waals surface area contributed by atoms with E-state index < -0.39 is 0 Å². The van der Waals surface area contributed by atoms with Gasteiger partial charge in [0.15, 0.2) is 0 Å². The van der Waals surface area contributed by atoms with Gasteiger partial charge in [-0.3, -0.25) is 4.68 Å². The van der Waals surface area contributed by atoms with Gasteiger partial charge in [0.2, 0.25) is 0 Å². The molecule has 0 radical (unpaired) electrons. The normalized spacial score (nSPS) is 15.6. The highest BCUT2D eigenvalue weighted by atomic mass is 15.3. The molecule has 1 rings (SSSR count). The Bertz CT molecular complexity index is 277. The van der Waals surface area contributed by atoms with Gasteiger partial charge in [0, 0.05) is 24.3 Å². The van der Waals surface area contributed by atoms with Gasteiger partial charge in [-0.2, -0.15) is 5.10 Å². The molecule has 0 aromatic carbocycles. The molecule has 2 unspecified atom stereocenters. The van der Waals surface area contributed by atoms with Crippen molar-refractivity contribution in [3.8, 4) is 0 Å². The lowest BCUT2D eigenvalue weighted by molar-refractivity contribution is 0.532. The van der Waals surface area contributed by atoms with Gasteiger partial charge >= 0.3 is 0 Å². The summed E-state index contributed by atoms with van der Waals surface area (Å²) in [4.78, 5) is 0. The summed E-state index contributed by atoms with van der Waals surface area (Å²) in [5.74, 6) is 0. The number of anilines is 1. The van der Waals surface area contributed by atoms with E-state index in [4.69, 9.17) is 5.73 Å². The van der Waals surface area contributed by atoms with Crippen LogP contribution in [0.25, 0.3) is 0 Å². The first kappa shape index (κ1) is 11.0. The predicted octanol–water partition coefficient (Wildman–Crippen LogP) is 1.61. The molecule has 0 saturated heterocycles. The topological polar surface area (TPSA) is 55.9 Å². The Morgan fingerprint density at radius 2 is 2.00 bits per heavy atom. The average Bonchev–Trinajstić information content (AvgIpc) is 2.52. The Hall–Kier alpha value is -1.03. The minimum absolute atomic E-state index is 0.136. The summed E-state index contributed by atoms with van der Waals surface area (Å²) in [6, 6.07) is 0.799. The number of hydrogen-bond donors (Lipinski definition) is 2. The van der Waals surface area contributed by atoms with Crippen LogP contribution in [0.15, 0.2) is 12.4 Å². The molecule has 0 saturated carbocycles. The maximum absolute atomic E-state index is 5.76.